The molecule has 0 unspecified atom stereocenters. The lowest BCUT2D eigenvalue weighted by atomic mass is 9.68. The fourth-order valence-corrected chi connectivity index (χ4v) is 9.91. The van der Waals surface area contributed by atoms with Gasteiger partial charge in [-0.1, -0.05) is 41.2 Å². The van der Waals surface area contributed by atoms with Crippen LogP contribution in [0.2, 0.25) is 0 Å². The predicted molar refractivity (Wildman–Crippen MR) is 130 cm³/mol. The van der Waals surface area contributed by atoms with Gasteiger partial charge in [0.15, 0.2) is 0 Å². The number of hydrogen-bond donors (Lipinski definition) is 2. The Morgan fingerprint density at radius 2 is 1.62 bits per heavy atom. The van der Waals surface area contributed by atoms with Crippen molar-refractivity contribution in [1.29, 1.82) is 0 Å². The summed E-state index contributed by atoms with van der Waals surface area (Å²) in [6.07, 6.45) is 0.866. The molecule has 7 rings (SSSR count). The maximum absolute atomic E-state index is 13.7. The van der Waals surface area contributed by atoms with Gasteiger partial charge in [0.1, 0.15) is 5.75 Å². The number of amides is 2. The summed E-state index contributed by atoms with van der Waals surface area (Å²) in [5.41, 5.74) is 2.78. The van der Waals surface area contributed by atoms with Gasteiger partial charge < -0.3 is 10.1 Å². The van der Waals surface area contributed by atoms with Crippen LogP contribution in [0.25, 0.3) is 0 Å². The van der Waals surface area contributed by atoms with Crippen molar-refractivity contribution in [2.75, 3.05) is 4.90 Å². The van der Waals surface area contributed by atoms with Crippen molar-refractivity contribution in [3.8, 4) is 5.75 Å². The van der Waals surface area contributed by atoms with Gasteiger partial charge in [-0.2, -0.15) is 0 Å². The molecule has 2 aliphatic heterocycles. The van der Waals surface area contributed by atoms with E-state index in [2.05, 4.69) is 4.98 Å². The first-order valence-electron chi connectivity index (χ1n) is 11.6. The predicted octanol–water partition coefficient (Wildman–Crippen LogP) is 4.13. The van der Waals surface area contributed by atoms with Crippen LogP contribution >= 0.6 is 23.1 Å². The molecule has 4 aliphatic rings. The monoisotopic (exact) mass is 490 g/mol. The van der Waals surface area contributed by atoms with E-state index in [9.17, 15) is 19.5 Å². The van der Waals surface area contributed by atoms with E-state index in [4.69, 9.17) is 0 Å². The Morgan fingerprint density at radius 3 is 2.32 bits per heavy atom. The maximum atomic E-state index is 13.7. The van der Waals surface area contributed by atoms with Crippen molar-refractivity contribution in [2.45, 2.75) is 29.5 Å². The number of aromatic nitrogens is 1. The Balaban J connectivity index is 1.32. The third-order valence-corrected chi connectivity index (χ3v) is 10.9. The largest absolute Gasteiger partial charge is 0.508 e. The van der Waals surface area contributed by atoms with Crippen LogP contribution in [0.1, 0.15) is 28.3 Å². The first kappa shape index (κ1) is 20.5. The number of H-pyrrole nitrogens is 1. The van der Waals surface area contributed by atoms with Crippen molar-refractivity contribution in [3.05, 3.63) is 74.2 Å². The van der Waals surface area contributed by atoms with Gasteiger partial charge in [-0.3, -0.25) is 19.3 Å². The Hall–Kier alpha value is -2.84. The molecule has 3 aromatic rings. The van der Waals surface area contributed by atoms with Gasteiger partial charge >= 0.3 is 4.87 Å². The van der Waals surface area contributed by atoms with E-state index < -0.39 is 0 Å². The quantitative estimate of drug-likeness (QED) is 0.527. The molecule has 2 N–H and O–H groups in total. The zero-order valence-corrected chi connectivity index (χ0v) is 19.9. The van der Waals surface area contributed by atoms with Crippen LogP contribution in [0.4, 0.5) is 5.69 Å². The number of phenolic OH excluding ortho intramolecular Hbond substituents is 1. The zero-order chi connectivity index (χ0) is 23.3. The van der Waals surface area contributed by atoms with Crippen LogP contribution in [-0.4, -0.2) is 27.2 Å². The molecule has 3 heterocycles. The van der Waals surface area contributed by atoms with Crippen LogP contribution in [0, 0.1) is 36.5 Å². The van der Waals surface area contributed by atoms with Crippen molar-refractivity contribution in [2.24, 2.45) is 29.6 Å². The number of carbonyl (C=O) groups excluding carboxylic acids is 2. The highest BCUT2D eigenvalue weighted by Gasteiger charge is 2.69. The summed E-state index contributed by atoms with van der Waals surface area (Å²) in [6, 6.07) is 14.8. The maximum Gasteiger partial charge on any atom is 0.305 e. The average Bonchev–Trinajstić information content (AvgIpc) is 3.54. The summed E-state index contributed by atoms with van der Waals surface area (Å²) in [5.74, 6) is -0.226. The smallest absolute Gasteiger partial charge is 0.305 e. The number of aryl methyl sites for hydroxylation is 1. The van der Waals surface area contributed by atoms with Crippen molar-refractivity contribution in [3.63, 3.8) is 0 Å². The third kappa shape index (κ3) is 2.66. The number of phenols is 1. The molecule has 2 aliphatic carbocycles. The van der Waals surface area contributed by atoms with Crippen LogP contribution < -0.4 is 9.77 Å². The summed E-state index contributed by atoms with van der Waals surface area (Å²) in [7, 11) is 0. The molecule has 1 aromatic heterocycles. The van der Waals surface area contributed by atoms with Crippen LogP contribution in [0.5, 0.6) is 5.75 Å². The number of carbonyl (C=O) groups is 2. The highest BCUT2D eigenvalue weighted by atomic mass is 32.2. The van der Waals surface area contributed by atoms with E-state index in [1.807, 2.05) is 43.3 Å². The van der Waals surface area contributed by atoms with Crippen LogP contribution in [0.15, 0.2) is 58.4 Å². The number of fused-ring (bicyclic) bond motifs is 9. The summed E-state index contributed by atoms with van der Waals surface area (Å²) < 4.78 is 0. The number of nitrogens with one attached hydrogen (secondary N) is 1. The van der Waals surface area contributed by atoms with E-state index in [-0.39, 0.29) is 63.2 Å². The fourth-order valence-electron chi connectivity index (χ4n) is 7.02. The molecule has 2 aromatic carbocycles. The second-order valence-electron chi connectivity index (χ2n) is 9.90. The van der Waals surface area contributed by atoms with Crippen molar-refractivity contribution in [1.82, 2.24) is 4.98 Å². The van der Waals surface area contributed by atoms with Crippen molar-refractivity contribution < 1.29 is 14.7 Å². The van der Waals surface area contributed by atoms with Gasteiger partial charge in [-0.25, -0.2) is 0 Å². The molecule has 8 heteroatoms. The third-order valence-electron chi connectivity index (χ3n) is 8.27. The standard InChI is InChI=1S/C26H22N2O4S2/c1-11-2-6-13(7-3-11)28-24(30)19-15-10-16(20(19)25(28)31)21-18(15)17(12-4-8-14(29)9-5-12)22-23(33-21)27-26(32)34-22/h2-9,15-21,29H,10H2,1H3,(H,27,32)/t15-,16-,17-,18-,19+,20-,21+/m0/s1. The number of hydrogen-bond acceptors (Lipinski definition) is 6. The number of benzene rings is 2. The number of thioether (sulfide) groups is 1. The minimum Gasteiger partial charge on any atom is -0.508 e. The van der Waals surface area contributed by atoms with Crippen molar-refractivity contribution >= 4 is 40.6 Å². The van der Waals surface area contributed by atoms with E-state index in [0.717, 1.165) is 27.5 Å². The lowest BCUT2D eigenvalue weighted by Gasteiger charge is -2.43. The molecule has 0 radical (unpaired) electrons. The van der Waals surface area contributed by atoms with E-state index in [1.165, 1.54) is 16.2 Å². The zero-order valence-electron chi connectivity index (χ0n) is 18.3. The number of nitrogens with zero attached hydrogens (tertiary/aromatic N) is 1. The molecule has 2 bridgehead atoms. The molecule has 2 saturated carbocycles. The van der Waals surface area contributed by atoms with Crippen LogP contribution in [0.3, 0.4) is 0 Å². The summed E-state index contributed by atoms with van der Waals surface area (Å²) in [6.45, 7) is 1.99. The SMILES string of the molecule is Cc1ccc(N2C(=O)[C@@H]3[C@H]4C[C@H]([C@H]5Sc6[nH]c(=O)sc6[C@@H](c6ccc(O)cc6)[C@H]45)[C@@H]3C2=O)cc1. The topological polar surface area (TPSA) is 90.5 Å². The molecule has 2 amide bonds. The van der Waals surface area contributed by atoms with Gasteiger partial charge in [0, 0.05) is 16.0 Å². The minimum atomic E-state index is -0.308. The molecular formula is C26H22N2O4S2. The van der Waals surface area contributed by atoms with Gasteiger partial charge in [0.25, 0.3) is 0 Å². The van der Waals surface area contributed by atoms with Gasteiger partial charge in [0.05, 0.1) is 22.5 Å². The lowest BCUT2D eigenvalue weighted by Crippen LogP contribution is -2.42. The number of rotatable bonds is 2. The summed E-state index contributed by atoms with van der Waals surface area (Å²) in [5, 5.41) is 10.9. The molecule has 7 atom stereocenters. The Morgan fingerprint density at radius 1 is 0.941 bits per heavy atom. The second kappa shape index (κ2) is 7.09. The number of thiazole rings is 1. The van der Waals surface area contributed by atoms with Crippen LogP contribution in [-0.2, 0) is 9.59 Å². The fraction of sp³-hybridized carbons (Fsp3) is 0.346. The minimum absolute atomic E-state index is 0.0296. The molecular weight excluding hydrogens is 468 g/mol. The molecule has 1 saturated heterocycles. The number of imide groups is 1. The first-order valence-corrected chi connectivity index (χ1v) is 13.2. The Kier molecular flexibility index (Phi) is 4.28. The number of anilines is 1. The Labute approximate surface area is 204 Å². The number of aromatic hydroxyl groups is 1. The average molecular weight is 491 g/mol. The first-order chi connectivity index (χ1) is 16.4. The second-order valence-corrected chi connectivity index (χ2v) is 12.1. The molecule has 172 valence electrons. The molecule has 3 fully saturated rings. The van der Waals surface area contributed by atoms with Gasteiger partial charge in [-0.05, 0) is 60.9 Å². The Bertz CT molecular complexity index is 1390. The number of aromatic amines is 1. The summed E-state index contributed by atoms with van der Waals surface area (Å²) >= 11 is 2.93. The summed E-state index contributed by atoms with van der Waals surface area (Å²) in [4.78, 5) is 45.0. The van der Waals surface area contributed by atoms with E-state index in [0.29, 0.717) is 5.69 Å². The highest BCUT2D eigenvalue weighted by Crippen LogP contribution is 2.68. The molecule has 6 nitrogen and oxygen atoms in total. The van der Waals surface area contributed by atoms with E-state index in [1.54, 1.807) is 23.9 Å². The van der Waals surface area contributed by atoms with E-state index >= 15 is 0 Å². The normalized spacial score (nSPS) is 33.2. The molecule has 34 heavy (non-hydrogen) atoms. The highest BCUT2D eigenvalue weighted by molar-refractivity contribution is 8.00. The van der Waals surface area contributed by atoms with Gasteiger partial charge in [-0.15, -0.1) is 11.8 Å². The lowest BCUT2D eigenvalue weighted by molar-refractivity contribution is -0.123. The molecule has 0 spiro atoms. The van der Waals surface area contributed by atoms with Gasteiger partial charge in [0.2, 0.25) is 11.8 Å².